The van der Waals surface area contributed by atoms with E-state index in [1.807, 2.05) is 6.92 Å². The lowest BCUT2D eigenvalue weighted by atomic mass is 10.1. The molecule has 0 radical (unpaired) electrons. The van der Waals surface area contributed by atoms with E-state index >= 15 is 0 Å². The summed E-state index contributed by atoms with van der Waals surface area (Å²) >= 11 is 6.15. The van der Waals surface area contributed by atoms with Gasteiger partial charge in [0.05, 0.1) is 17.7 Å². The van der Waals surface area contributed by atoms with Gasteiger partial charge in [-0.25, -0.2) is 8.42 Å². The van der Waals surface area contributed by atoms with Gasteiger partial charge in [0, 0.05) is 18.1 Å². The predicted molar refractivity (Wildman–Crippen MR) is 149 cm³/mol. The molecule has 0 heterocycles. The van der Waals surface area contributed by atoms with Crippen molar-refractivity contribution in [2.75, 3.05) is 24.5 Å². The zero-order valence-corrected chi connectivity index (χ0v) is 23.2. The van der Waals surface area contributed by atoms with Crippen LogP contribution in [0.15, 0.2) is 83.8 Å². The second-order valence-electron chi connectivity index (χ2n) is 8.64. The smallest absolute Gasteiger partial charge is 0.264 e. The maximum absolute atomic E-state index is 13.8. The molecular formula is C28H32ClN3O5S. The van der Waals surface area contributed by atoms with Crippen molar-refractivity contribution in [2.24, 2.45) is 0 Å². The maximum Gasteiger partial charge on any atom is 0.264 e. The largest absolute Gasteiger partial charge is 0.497 e. The van der Waals surface area contributed by atoms with Gasteiger partial charge in [0.15, 0.2) is 0 Å². The van der Waals surface area contributed by atoms with Crippen LogP contribution in [0, 0.1) is 0 Å². The number of hydrogen-bond donors (Lipinski definition) is 1. The molecule has 0 saturated carbocycles. The van der Waals surface area contributed by atoms with Gasteiger partial charge in [-0.05, 0) is 67.4 Å². The Bertz CT molecular complexity index is 1330. The lowest BCUT2D eigenvalue weighted by Crippen LogP contribution is -2.51. The molecule has 0 aliphatic carbocycles. The lowest BCUT2D eigenvalue weighted by Gasteiger charge is -2.32. The van der Waals surface area contributed by atoms with E-state index in [9.17, 15) is 18.0 Å². The number of anilines is 1. The molecule has 38 heavy (non-hydrogen) atoms. The van der Waals surface area contributed by atoms with Gasteiger partial charge in [-0.15, -0.1) is 0 Å². The van der Waals surface area contributed by atoms with Crippen LogP contribution in [0.4, 0.5) is 5.69 Å². The second-order valence-corrected chi connectivity index (χ2v) is 10.9. The van der Waals surface area contributed by atoms with Crippen molar-refractivity contribution in [1.82, 2.24) is 10.2 Å². The summed E-state index contributed by atoms with van der Waals surface area (Å²) in [5, 5.41) is 3.30. The molecule has 0 aromatic heterocycles. The molecule has 0 aliphatic rings. The lowest BCUT2D eigenvalue weighted by molar-refractivity contribution is -0.139. The molecule has 3 aromatic rings. The average Bonchev–Trinajstić information content (AvgIpc) is 2.93. The highest BCUT2D eigenvalue weighted by Crippen LogP contribution is 2.26. The van der Waals surface area contributed by atoms with E-state index in [0.29, 0.717) is 22.9 Å². The number of benzene rings is 3. The van der Waals surface area contributed by atoms with E-state index < -0.39 is 28.5 Å². The number of carbonyl (C=O) groups is 2. The number of amides is 2. The molecule has 0 saturated heterocycles. The van der Waals surface area contributed by atoms with Gasteiger partial charge in [0.25, 0.3) is 10.0 Å². The summed E-state index contributed by atoms with van der Waals surface area (Å²) < 4.78 is 33.7. The normalized spacial score (nSPS) is 11.9. The van der Waals surface area contributed by atoms with Gasteiger partial charge in [-0.1, -0.05) is 48.9 Å². The summed E-state index contributed by atoms with van der Waals surface area (Å²) in [5.41, 5.74) is 0.997. The molecule has 3 aromatic carbocycles. The third-order valence-electron chi connectivity index (χ3n) is 5.93. The zero-order chi connectivity index (χ0) is 27.7. The molecule has 0 spiro atoms. The van der Waals surface area contributed by atoms with Crippen LogP contribution in [0.3, 0.4) is 0 Å². The van der Waals surface area contributed by atoms with Crippen molar-refractivity contribution in [3.63, 3.8) is 0 Å². The van der Waals surface area contributed by atoms with E-state index in [1.165, 1.54) is 24.1 Å². The van der Waals surface area contributed by atoms with Gasteiger partial charge in [0.1, 0.15) is 18.3 Å². The average molecular weight is 558 g/mol. The third-order valence-corrected chi connectivity index (χ3v) is 7.95. The van der Waals surface area contributed by atoms with Gasteiger partial charge < -0.3 is 15.0 Å². The predicted octanol–water partition coefficient (Wildman–Crippen LogP) is 4.49. The maximum atomic E-state index is 13.8. The minimum Gasteiger partial charge on any atom is -0.497 e. The molecule has 3 rings (SSSR count). The highest BCUT2D eigenvalue weighted by atomic mass is 35.5. The SMILES string of the molecule is CCCNC(=O)[C@@H](C)N(Cc1cccc(Cl)c1)C(=O)CN(c1ccc(OC)cc1)S(=O)(=O)c1ccccc1. The van der Waals surface area contributed by atoms with Gasteiger partial charge >= 0.3 is 0 Å². The fourth-order valence-electron chi connectivity index (χ4n) is 3.81. The first kappa shape index (κ1) is 29.0. The van der Waals surface area contributed by atoms with Gasteiger partial charge in [0.2, 0.25) is 11.8 Å². The number of nitrogens with zero attached hydrogens (tertiary/aromatic N) is 2. The minimum atomic E-state index is -4.12. The molecule has 10 heteroatoms. The number of carbonyl (C=O) groups excluding carboxylic acids is 2. The fourth-order valence-corrected chi connectivity index (χ4v) is 5.46. The molecule has 2 amide bonds. The molecule has 202 valence electrons. The van der Waals surface area contributed by atoms with Crippen molar-refractivity contribution in [3.8, 4) is 5.75 Å². The minimum absolute atomic E-state index is 0.0405. The summed E-state index contributed by atoms with van der Waals surface area (Å²) in [5.74, 6) is -0.329. The highest BCUT2D eigenvalue weighted by Gasteiger charge is 2.32. The van der Waals surface area contributed by atoms with Crippen LogP contribution in [0.1, 0.15) is 25.8 Å². The second kappa shape index (κ2) is 13.3. The first-order chi connectivity index (χ1) is 18.2. The van der Waals surface area contributed by atoms with Crippen molar-refractivity contribution in [2.45, 2.75) is 37.8 Å². The summed E-state index contributed by atoms with van der Waals surface area (Å²) in [6.45, 7) is 3.57. The first-order valence-electron chi connectivity index (χ1n) is 12.2. The van der Waals surface area contributed by atoms with Crippen molar-refractivity contribution >= 4 is 39.1 Å². The summed E-state index contributed by atoms with van der Waals surface area (Å²) in [6.07, 6.45) is 0.737. The zero-order valence-electron chi connectivity index (χ0n) is 21.6. The number of ether oxygens (including phenoxy) is 1. The van der Waals surface area contributed by atoms with Crippen molar-refractivity contribution in [1.29, 1.82) is 0 Å². The van der Waals surface area contributed by atoms with Crippen molar-refractivity contribution in [3.05, 3.63) is 89.4 Å². The van der Waals surface area contributed by atoms with Crippen LogP contribution in [0.2, 0.25) is 5.02 Å². The topological polar surface area (TPSA) is 96.0 Å². The van der Waals surface area contributed by atoms with Crippen molar-refractivity contribution < 1.29 is 22.7 Å². The number of halogens is 1. The van der Waals surface area contributed by atoms with Crippen LogP contribution in [0.5, 0.6) is 5.75 Å². The molecule has 0 unspecified atom stereocenters. The summed E-state index contributed by atoms with van der Waals surface area (Å²) in [4.78, 5) is 28.1. The van der Waals surface area contributed by atoms with E-state index in [-0.39, 0.29) is 23.0 Å². The standard InChI is InChI=1S/C28H32ClN3O5S/c1-4-17-30-28(34)21(2)31(19-22-9-8-10-23(29)18-22)27(33)20-32(24-13-15-25(37-3)16-14-24)38(35,36)26-11-6-5-7-12-26/h5-16,18,21H,4,17,19-20H2,1-3H3,(H,30,34)/t21-/m1/s1. The Kier molecular flexibility index (Phi) is 10.2. The number of nitrogens with one attached hydrogen (secondary N) is 1. The molecule has 0 aliphatic heterocycles. The summed E-state index contributed by atoms with van der Waals surface area (Å²) in [6, 6.07) is 20.4. The Morgan fingerprint density at radius 1 is 1.00 bits per heavy atom. The number of rotatable bonds is 12. The summed E-state index contributed by atoms with van der Waals surface area (Å²) in [7, 11) is -2.61. The van der Waals surface area contributed by atoms with E-state index in [2.05, 4.69) is 5.32 Å². The fraction of sp³-hybridized carbons (Fsp3) is 0.286. The Balaban J connectivity index is 2.01. The Morgan fingerprint density at radius 2 is 1.68 bits per heavy atom. The Morgan fingerprint density at radius 3 is 2.29 bits per heavy atom. The van der Waals surface area contributed by atoms with E-state index in [4.69, 9.17) is 16.3 Å². The molecule has 1 N–H and O–H groups in total. The number of hydrogen-bond acceptors (Lipinski definition) is 5. The van der Waals surface area contributed by atoms with Gasteiger partial charge in [-0.2, -0.15) is 0 Å². The van der Waals surface area contributed by atoms with Crippen LogP contribution < -0.4 is 14.4 Å². The van der Waals surface area contributed by atoms with E-state index in [0.717, 1.165) is 10.7 Å². The third kappa shape index (κ3) is 7.26. The quantitative estimate of drug-likeness (QED) is 0.354. The molecule has 1 atom stereocenters. The Labute approximate surface area is 229 Å². The first-order valence-corrected chi connectivity index (χ1v) is 14.0. The monoisotopic (exact) mass is 557 g/mol. The van der Waals surface area contributed by atoms with Crippen LogP contribution >= 0.6 is 11.6 Å². The molecule has 0 fully saturated rings. The molecule has 8 nitrogen and oxygen atoms in total. The number of methoxy groups -OCH3 is 1. The van der Waals surface area contributed by atoms with E-state index in [1.54, 1.807) is 73.7 Å². The van der Waals surface area contributed by atoms with Crippen LogP contribution in [-0.4, -0.2) is 51.4 Å². The highest BCUT2D eigenvalue weighted by molar-refractivity contribution is 7.92. The molecular weight excluding hydrogens is 526 g/mol. The Hall–Kier alpha value is -3.56. The molecule has 0 bridgehead atoms. The van der Waals surface area contributed by atoms with Crippen LogP contribution in [-0.2, 0) is 26.2 Å². The van der Waals surface area contributed by atoms with Gasteiger partial charge in [-0.3, -0.25) is 13.9 Å². The number of sulfonamides is 1. The van der Waals surface area contributed by atoms with Crippen LogP contribution in [0.25, 0.3) is 0 Å².